The number of piperazine rings is 3. The number of hydrogen-bond donors (Lipinski definition) is 1. The predicted molar refractivity (Wildman–Crippen MR) is 111 cm³/mol. The molecule has 8 heteroatoms. The smallest absolute Gasteiger partial charge is 0.332 e. The number of Topliss-reactive ketones (excluding diaryl/α,β-unsaturated/α-hetero) is 1. The number of nitrogen functional groups attached to an aromatic ring is 1. The van der Waals surface area contributed by atoms with Crippen LogP contribution < -0.4 is 17.0 Å². The molecule has 3 aliphatic heterocycles. The number of nitrogens with two attached hydrogens (primary N) is 1. The summed E-state index contributed by atoms with van der Waals surface area (Å²) in [5.74, 6) is -0.278. The normalized spacial score (nSPS) is 23.3. The molecule has 8 nitrogen and oxygen atoms in total. The number of quaternary nitrogens is 1. The lowest BCUT2D eigenvalue weighted by Crippen LogP contribution is -2.68. The highest BCUT2D eigenvalue weighted by atomic mass is 16.2. The standard InChI is InChI=1S/C21H27N5O3/c1-2-24-20(28)18(17(27)15-26-11-8-23(9-12-26)10-13-26)19(22)25(21(24)29)14-16-6-4-3-5-7-16/h3-7H,2,8-15H2,1H3,(H-,22,27,28)/p+1. The highest BCUT2D eigenvalue weighted by molar-refractivity contribution is 6.00. The molecule has 0 aliphatic carbocycles. The van der Waals surface area contributed by atoms with Crippen molar-refractivity contribution in [1.29, 1.82) is 0 Å². The molecule has 0 spiro atoms. The number of hydrogen-bond acceptors (Lipinski definition) is 5. The first kappa shape index (κ1) is 19.6. The molecular formula is C21H28N5O3+. The van der Waals surface area contributed by atoms with Gasteiger partial charge in [0.15, 0.2) is 0 Å². The van der Waals surface area contributed by atoms with E-state index in [1.54, 1.807) is 6.92 Å². The number of ketones is 1. The molecule has 154 valence electrons. The van der Waals surface area contributed by atoms with E-state index in [2.05, 4.69) is 4.90 Å². The van der Waals surface area contributed by atoms with Crippen LogP contribution in [0.1, 0.15) is 22.8 Å². The Bertz CT molecular complexity index is 1020. The fourth-order valence-electron chi connectivity index (χ4n) is 4.53. The molecule has 0 radical (unpaired) electrons. The summed E-state index contributed by atoms with van der Waals surface area (Å²) in [5.41, 5.74) is 6.07. The van der Waals surface area contributed by atoms with Crippen LogP contribution in [-0.2, 0) is 13.1 Å². The van der Waals surface area contributed by atoms with Crippen LogP contribution in [0.25, 0.3) is 0 Å². The van der Waals surface area contributed by atoms with Crippen molar-refractivity contribution in [2.24, 2.45) is 0 Å². The fourth-order valence-corrected chi connectivity index (χ4v) is 4.53. The minimum atomic E-state index is -0.571. The van der Waals surface area contributed by atoms with Gasteiger partial charge in [-0.15, -0.1) is 0 Å². The molecule has 0 amide bonds. The van der Waals surface area contributed by atoms with Crippen LogP contribution in [0.4, 0.5) is 5.82 Å². The molecular weight excluding hydrogens is 370 g/mol. The molecule has 4 heterocycles. The lowest BCUT2D eigenvalue weighted by atomic mass is 10.1. The number of fused-ring (bicyclic) bond motifs is 3. The molecule has 5 rings (SSSR count). The maximum atomic E-state index is 13.3. The molecule has 0 atom stereocenters. The predicted octanol–water partition coefficient (Wildman–Crippen LogP) is -0.0109. The molecule has 0 saturated carbocycles. The third-order valence-corrected chi connectivity index (χ3v) is 6.40. The van der Waals surface area contributed by atoms with Gasteiger partial charge in [0.05, 0.1) is 26.2 Å². The van der Waals surface area contributed by atoms with Crippen molar-refractivity contribution >= 4 is 11.6 Å². The molecule has 0 unspecified atom stereocenters. The van der Waals surface area contributed by atoms with E-state index in [9.17, 15) is 14.4 Å². The molecule has 29 heavy (non-hydrogen) atoms. The van der Waals surface area contributed by atoms with Crippen molar-refractivity contribution in [2.45, 2.75) is 20.0 Å². The summed E-state index contributed by atoms with van der Waals surface area (Å²) < 4.78 is 3.17. The van der Waals surface area contributed by atoms with Crippen LogP contribution >= 0.6 is 0 Å². The lowest BCUT2D eigenvalue weighted by Gasteiger charge is -2.50. The summed E-state index contributed by atoms with van der Waals surface area (Å²) in [5, 5.41) is 0. The number of carbonyl (C=O) groups is 1. The minimum absolute atomic E-state index is 0.0209. The van der Waals surface area contributed by atoms with Gasteiger partial charge in [0.25, 0.3) is 5.56 Å². The Morgan fingerprint density at radius 3 is 2.24 bits per heavy atom. The molecule has 3 fully saturated rings. The van der Waals surface area contributed by atoms with Crippen molar-refractivity contribution in [2.75, 3.05) is 51.5 Å². The second-order valence-corrected chi connectivity index (χ2v) is 8.10. The zero-order valence-electron chi connectivity index (χ0n) is 16.8. The summed E-state index contributed by atoms with van der Waals surface area (Å²) in [4.78, 5) is 41.5. The van der Waals surface area contributed by atoms with Gasteiger partial charge in [-0.1, -0.05) is 30.3 Å². The molecule has 1 aromatic heterocycles. The van der Waals surface area contributed by atoms with Crippen molar-refractivity contribution < 1.29 is 9.28 Å². The van der Waals surface area contributed by atoms with Crippen molar-refractivity contribution in [3.63, 3.8) is 0 Å². The zero-order chi connectivity index (χ0) is 20.6. The van der Waals surface area contributed by atoms with Crippen LogP contribution in [0.5, 0.6) is 0 Å². The first-order chi connectivity index (χ1) is 13.9. The summed E-state index contributed by atoms with van der Waals surface area (Å²) in [6.07, 6.45) is 0. The quantitative estimate of drug-likeness (QED) is 0.546. The van der Waals surface area contributed by atoms with E-state index in [-0.39, 0.29) is 36.8 Å². The van der Waals surface area contributed by atoms with E-state index >= 15 is 0 Å². The first-order valence-corrected chi connectivity index (χ1v) is 10.2. The summed E-state index contributed by atoms with van der Waals surface area (Å²) >= 11 is 0. The van der Waals surface area contributed by atoms with E-state index in [0.29, 0.717) is 4.48 Å². The van der Waals surface area contributed by atoms with Gasteiger partial charge in [-0.25, -0.2) is 4.79 Å². The third-order valence-electron chi connectivity index (χ3n) is 6.40. The maximum absolute atomic E-state index is 13.3. The Labute approximate surface area is 169 Å². The zero-order valence-corrected chi connectivity index (χ0v) is 16.8. The van der Waals surface area contributed by atoms with Crippen LogP contribution in [-0.4, -0.2) is 70.1 Å². The molecule has 3 aliphatic rings. The topological polar surface area (TPSA) is 90.3 Å². The largest absolute Gasteiger partial charge is 0.384 e. The lowest BCUT2D eigenvalue weighted by molar-refractivity contribution is -0.933. The molecule has 1 aromatic carbocycles. The van der Waals surface area contributed by atoms with Crippen LogP contribution in [0.3, 0.4) is 0 Å². The van der Waals surface area contributed by atoms with Crippen LogP contribution in [0.15, 0.2) is 39.9 Å². The van der Waals surface area contributed by atoms with E-state index in [0.717, 1.165) is 49.4 Å². The monoisotopic (exact) mass is 398 g/mol. The van der Waals surface area contributed by atoms with Gasteiger partial charge in [0.2, 0.25) is 5.78 Å². The van der Waals surface area contributed by atoms with E-state index < -0.39 is 11.2 Å². The molecule has 2 N–H and O–H groups in total. The van der Waals surface area contributed by atoms with Crippen LogP contribution in [0, 0.1) is 0 Å². The van der Waals surface area contributed by atoms with Gasteiger partial charge in [0, 0.05) is 26.2 Å². The van der Waals surface area contributed by atoms with Crippen LogP contribution in [0.2, 0.25) is 0 Å². The Balaban J connectivity index is 1.74. The van der Waals surface area contributed by atoms with Crippen molar-refractivity contribution in [3.8, 4) is 0 Å². The Kier molecular flexibility index (Phi) is 5.14. The van der Waals surface area contributed by atoms with Gasteiger partial charge in [0.1, 0.15) is 17.9 Å². The number of anilines is 1. The number of nitrogens with zero attached hydrogens (tertiary/aromatic N) is 4. The summed E-state index contributed by atoms with van der Waals surface area (Å²) in [6.45, 7) is 8.10. The second-order valence-electron chi connectivity index (χ2n) is 8.10. The Morgan fingerprint density at radius 2 is 1.66 bits per heavy atom. The van der Waals surface area contributed by atoms with E-state index in [1.807, 2.05) is 30.3 Å². The second kappa shape index (κ2) is 7.61. The highest BCUT2D eigenvalue weighted by Crippen LogP contribution is 2.21. The van der Waals surface area contributed by atoms with Gasteiger partial charge in [-0.05, 0) is 12.5 Å². The van der Waals surface area contributed by atoms with Gasteiger partial charge >= 0.3 is 5.69 Å². The molecule has 3 saturated heterocycles. The van der Waals surface area contributed by atoms with Crippen molar-refractivity contribution in [1.82, 2.24) is 14.0 Å². The average Bonchev–Trinajstić information content (AvgIpc) is 2.73. The fraction of sp³-hybridized carbons (Fsp3) is 0.476. The van der Waals surface area contributed by atoms with E-state index in [1.165, 1.54) is 4.57 Å². The number of aromatic nitrogens is 2. The Hall–Kier alpha value is -2.71. The Morgan fingerprint density at radius 1 is 1.03 bits per heavy atom. The number of carbonyl (C=O) groups excluding carboxylic acids is 1. The van der Waals surface area contributed by atoms with E-state index in [4.69, 9.17) is 5.73 Å². The minimum Gasteiger partial charge on any atom is -0.384 e. The SMILES string of the molecule is CCn1c(=O)c(C(=O)C[N+]23CCN(CC2)CC3)c(N)n(Cc2ccccc2)c1=O. The molecule has 2 bridgehead atoms. The van der Waals surface area contributed by atoms with Gasteiger partial charge in [-0.3, -0.25) is 23.6 Å². The average molecular weight is 398 g/mol. The van der Waals surface area contributed by atoms with Crippen molar-refractivity contribution in [3.05, 3.63) is 62.3 Å². The van der Waals surface area contributed by atoms with Gasteiger partial charge in [-0.2, -0.15) is 0 Å². The molecule has 2 aromatic rings. The first-order valence-electron chi connectivity index (χ1n) is 10.2. The summed E-state index contributed by atoms with van der Waals surface area (Å²) in [7, 11) is 0. The highest BCUT2D eigenvalue weighted by Gasteiger charge is 2.41. The maximum Gasteiger partial charge on any atom is 0.332 e. The third kappa shape index (κ3) is 3.54. The summed E-state index contributed by atoms with van der Waals surface area (Å²) in [6, 6.07) is 9.43. The number of rotatable bonds is 6. The number of benzene rings is 1. The van der Waals surface area contributed by atoms with Gasteiger partial charge < -0.3 is 10.2 Å².